The van der Waals surface area contributed by atoms with Crippen LogP contribution in [0.3, 0.4) is 0 Å². The standard InChI is InChI=1S/C9H18O3/c1-8(2,11)9(6-10)4-3-5-12-7-9/h10-11H,3-7H2,1-2H3. The molecule has 0 aromatic heterocycles. The zero-order valence-corrected chi connectivity index (χ0v) is 7.84. The van der Waals surface area contributed by atoms with E-state index in [1.54, 1.807) is 13.8 Å². The Bertz CT molecular complexity index is 142. The smallest absolute Gasteiger partial charge is 0.0691 e. The fraction of sp³-hybridized carbons (Fsp3) is 1.00. The molecule has 1 rings (SSSR count). The largest absolute Gasteiger partial charge is 0.396 e. The van der Waals surface area contributed by atoms with Crippen LogP contribution in [-0.4, -0.2) is 35.6 Å². The van der Waals surface area contributed by atoms with Crippen molar-refractivity contribution < 1.29 is 14.9 Å². The average Bonchev–Trinajstić information content (AvgIpc) is 2.04. The summed E-state index contributed by atoms with van der Waals surface area (Å²) in [5, 5.41) is 19.1. The Morgan fingerprint density at radius 3 is 2.42 bits per heavy atom. The SMILES string of the molecule is CC(C)(O)C1(CO)CCCOC1. The fourth-order valence-electron chi connectivity index (χ4n) is 1.65. The maximum atomic E-state index is 9.85. The summed E-state index contributed by atoms with van der Waals surface area (Å²) in [5.41, 5.74) is -1.31. The molecule has 0 amide bonds. The summed E-state index contributed by atoms with van der Waals surface area (Å²) in [6.07, 6.45) is 1.76. The molecule has 3 heteroatoms. The summed E-state index contributed by atoms with van der Waals surface area (Å²) in [4.78, 5) is 0. The van der Waals surface area contributed by atoms with Crippen molar-refractivity contribution in [2.24, 2.45) is 5.41 Å². The van der Waals surface area contributed by atoms with Crippen molar-refractivity contribution in [1.82, 2.24) is 0 Å². The Morgan fingerprint density at radius 2 is 2.17 bits per heavy atom. The minimum atomic E-state index is -0.859. The molecule has 2 N–H and O–H groups in total. The highest BCUT2D eigenvalue weighted by Crippen LogP contribution is 2.38. The van der Waals surface area contributed by atoms with Crippen molar-refractivity contribution in [3.63, 3.8) is 0 Å². The normalized spacial score (nSPS) is 32.0. The van der Waals surface area contributed by atoms with Gasteiger partial charge in [-0.05, 0) is 26.7 Å². The van der Waals surface area contributed by atoms with Gasteiger partial charge in [-0.1, -0.05) is 0 Å². The predicted octanol–water partition coefficient (Wildman–Crippen LogP) is 0.546. The lowest BCUT2D eigenvalue weighted by Gasteiger charge is -2.44. The van der Waals surface area contributed by atoms with Gasteiger partial charge < -0.3 is 14.9 Å². The van der Waals surface area contributed by atoms with Gasteiger partial charge in [0, 0.05) is 12.0 Å². The Morgan fingerprint density at radius 1 is 1.50 bits per heavy atom. The van der Waals surface area contributed by atoms with Gasteiger partial charge in [0.25, 0.3) is 0 Å². The van der Waals surface area contributed by atoms with Gasteiger partial charge in [-0.2, -0.15) is 0 Å². The summed E-state index contributed by atoms with van der Waals surface area (Å²) in [6.45, 7) is 4.68. The Labute approximate surface area is 73.4 Å². The molecule has 1 fully saturated rings. The highest BCUT2D eigenvalue weighted by atomic mass is 16.5. The molecular weight excluding hydrogens is 156 g/mol. The highest BCUT2D eigenvalue weighted by Gasteiger charge is 2.44. The second-order valence-electron chi connectivity index (χ2n) is 4.15. The van der Waals surface area contributed by atoms with Crippen LogP contribution in [0, 0.1) is 5.41 Å². The predicted molar refractivity (Wildman–Crippen MR) is 45.9 cm³/mol. The van der Waals surface area contributed by atoms with Crippen LogP contribution in [0.4, 0.5) is 0 Å². The zero-order chi connectivity index (χ0) is 9.24. The van der Waals surface area contributed by atoms with Gasteiger partial charge in [0.1, 0.15) is 0 Å². The van der Waals surface area contributed by atoms with E-state index in [4.69, 9.17) is 4.74 Å². The summed E-state index contributed by atoms with van der Waals surface area (Å²) in [6, 6.07) is 0. The van der Waals surface area contributed by atoms with Gasteiger partial charge in [0.15, 0.2) is 0 Å². The lowest BCUT2D eigenvalue weighted by molar-refractivity contribution is -0.149. The van der Waals surface area contributed by atoms with Gasteiger partial charge >= 0.3 is 0 Å². The molecule has 12 heavy (non-hydrogen) atoms. The van der Waals surface area contributed by atoms with Crippen molar-refractivity contribution in [3.05, 3.63) is 0 Å². The minimum Gasteiger partial charge on any atom is -0.396 e. The molecule has 0 aromatic rings. The maximum absolute atomic E-state index is 9.85. The monoisotopic (exact) mass is 174 g/mol. The van der Waals surface area contributed by atoms with E-state index < -0.39 is 11.0 Å². The topological polar surface area (TPSA) is 49.7 Å². The van der Waals surface area contributed by atoms with Gasteiger partial charge in [0.2, 0.25) is 0 Å². The molecule has 1 saturated heterocycles. The Kier molecular flexibility index (Phi) is 2.76. The molecule has 0 aromatic carbocycles. The van der Waals surface area contributed by atoms with Crippen LogP contribution in [0.5, 0.6) is 0 Å². The van der Waals surface area contributed by atoms with E-state index in [9.17, 15) is 10.2 Å². The minimum absolute atomic E-state index is 0.00347. The van der Waals surface area contributed by atoms with Crippen molar-refractivity contribution in [3.8, 4) is 0 Å². The third-order valence-corrected chi connectivity index (χ3v) is 2.92. The van der Waals surface area contributed by atoms with Gasteiger partial charge in [0.05, 0.1) is 18.8 Å². The van der Waals surface area contributed by atoms with Crippen molar-refractivity contribution in [2.75, 3.05) is 19.8 Å². The van der Waals surface area contributed by atoms with E-state index in [0.29, 0.717) is 6.61 Å². The number of hydrogen-bond donors (Lipinski definition) is 2. The Balaban J connectivity index is 2.73. The quantitative estimate of drug-likeness (QED) is 0.642. The van der Waals surface area contributed by atoms with E-state index in [2.05, 4.69) is 0 Å². The average molecular weight is 174 g/mol. The van der Waals surface area contributed by atoms with E-state index in [0.717, 1.165) is 19.4 Å². The number of ether oxygens (including phenoxy) is 1. The molecule has 0 spiro atoms. The van der Waals surface area contributed by atoms with Crippen LogP contribution in [-0.2, 0) is 4.74 Å². The van der Waals surface area contributed by atoms with Crippen molar-refractivity contribution >= 4 is 0 Å². The highest BCUT2D eigenvalue weighted by molar-refractivity contribution is 4.94. The molecule has 0 saturated carbocycles. The lowest BCUT2D eigenvalue weighted by atomic mass is 9.71. The molecular formula is C9H18O3. The molecule has 1 heterocycles. The van der Waals surface area contributed by atoms with Crippen LogP contribution in [0.15, 0.2) is 0 Å². The summed E-state index contributed by atoms with van der Waals surface area (Å²) < 4.78 is 5.28. The van der Waals surface area contributed by atoms with Crippen LogP contribution in [0.25, 0.3) is 0 Å². The molecule has 0 aliphatic carbocycles. The first-order valence-electron chi connectivity index (χ1n) is 4.43. The molecule has 0 radical (unpaired) electrons. The number of aliphatic hydroxyl groups excluding tert-OH is 1. The van der Waals surface area contributed by atoms with Gasteiger partial charge in [-0.25, -0.2) is 0 Å². The van der Waals surface area contributed by atoms with Crippen LogP contribution < -0.4 is 0 Å². The molecule has 72 valence electrons. The van der Waals surface area contributed by atoms with Crippen LogP contribution in [0.2, 0.25) is 0 Å². The molecule has 0 bridgehead atoms. The third-order valence-electron chi connectivity index (χ3n) is 2.92. The zero-order valence-electron chi connectivity index (χ0n) is 7.84. The van der Waals surface area contributed by atoms with Crippen LogP contribution >= 0.6 is 0 Å². The first-order chi connectivity index (χ1) is 5.52. The summed E-state index contributed by atoms with van der Waals surface area (Å²) in [7, 11) is 0. The van der Waals surface area contributed by atoms with Crippen molar-refractivity contribution in [1.29, 1.82) is 0 Å². The first-order valence-corrected chi connectivity index (χ1v) is 4.43. The Hall–Kier alpha value is -0.120. The molecule has 1 atom stereocenters. The maximum Gasteiger partial charge on any atom is 0.0691 e. The molecule has 1 aliphatic heterocycles. The van der Waals surface area contributed by atoms with E-state index in [-0.39, 0.29) is 6.61 Å². The van der Waals surface area contributed by atoms with E-state index in [1.807, 2.05) is 0 Å². The second kappa shape index (κ2) is 3.32. The number of hydrogen-bond acceptors (Lipinski definition) is 3. The number of aliphatic hydroxyl groups is 2. The summed E-state index contributed by atoms with van der Waals surface area (Å²) in [5.74, 6) is 0. The van der Waals surface area contributed by atoms with E-state index >= 15 is 0 Å². The summed E-state index contributed by atoms with van der Waals surface area (Å²) >= 11 is 0. The molecule has 1 unspecified atom stereocenters. The molecule has 3 nitrogen and oxygen atoms in total. The lowest BCUT2D eigenvalue weighted by Crippen LogP contribution is -2.51. The van der Waals surface area contributed by atoms with E-state index in [1.165, 1.54) is 0 Å². The van der Waals surface area contributed by atoms with Gasteiger partial charge in [-0.3, -0.25) is 0 Å². The van der Waals surface area contributed by atoms with Crippen LogP contribution in [0.1, 0.15) is 26.7 Å². The first kappa shape index (κ1) is 9.96. The fourth-order valence-corrected chi connectivity index (χ4v) is 1.65. The third kappa shape index (κ3) is 1.63. The van der Waals surface area contributed by atoms with Crippen molar-refractivity contribution in [2.45, 2.75) is 32.3 Å². The van der Waals surface area contributed by atoms with Gasteiger partial charge in [-0.15, -0.1) is 0 Å². The number of rotatable bonds is 2. The molecule has 1 aliphatic rings. The second-order valence-corrected chi connectivity index (χ2v) is 4.15.